The van der Waals surface area contributed by atoms with E-state index >= 15 is 0 Å². The van der Waals surface area contributed by atoms with Crippen LogP contribution in [0.15, 0.2) is 0 Å². The molecule has 88 valence electrons. The van der Waals surface area contributed by atoms with E-state index in [-0.39, 0.29) is 25.4 Å². The van der Waals surface area contributed by atoms with Gasteiger partial charge in [0.2, 0.25) is 0 Å². The van der Waals surface area contributed by atoms with E-state index in [9.17, 15) is 22.0 Å². The molecule has 0 spiro atoms. The molecule has 0 fully saturated rings. The van der Waals surface area contributed by atoms with Crippen molar-refractivity contribution in [1.82, 2.24) is 0 Å². The van der Waals surface area contributed by atoms with Crippen molar-refractivity contribution >= 4 is 12.4 Å². The largest absolute Gasteiger partial charge is 0.482 e. The van der Waals surface area contributed by atoms with Gasteiger partial charge in [0.1, 0.15) is 0 Å². The van der Waals surface area contributed by atoms with Gasteiger partial charge in [0.05, 0.1) is 6.61 Å². The first-order chi connectivity index (χ1) is 5.81. The van der Waals surface area contributed by atoms with Gasteiger partial charge >= 0.3 is 12.3 Å². The van der Waals surface area contributed by atoms with Gasteiger partial charge in [-0.05, 0) is 19.4 Å². The van der Waals surface area contributed by atoms with Crippen LogP contribution < -0.4 is 5.73 Å². The summed E-state index contributed by atoms with van der Waals surface area (Å²) in [7, 11) is 0. The van der Waals surface area contributed by atoms with Crippen LogP contribution in [0, 0.1) is 0 Å². The molecule has 0 bridgehead atoms. The predicted molar refractivity (Wildman–Crippen MR) is 42.5 cm³/mol. The molecule has 2 N–H and O–H groups in total. The van der Waals surface area contributed by atoms with Gasteiger partial charge in [0, 0.05) is 0 Å². The Morgan fingerprint density at radius 1 is 1.00 bits per heavy atom. The Morgan fingerprint density at radius 2 is 1.50 bits per heavy atom. The number of ether oxygens (including phenoxy) is 1. The van der Waals surface area contributed by atoms with Crippen molar-refractivity contribution in [2.75, 3.05) is 13.2 Å². The number of halogens is 6. The van der Waals surface area contributed by atoms with Gasteiger partial charge in [-0.3, -0.25) is 0 Å². The summed E-state index contributed by atoms with van der Waals surface area (Å²) in [6.45, 7) is -0.412. The van der Waals surface area contributed by atoms with E-state index in [1.54, 1.807) is 0 Å². The fourth-order valence-corrected chi connectivity index (χ4v) is 0.529. The van der Waals surface area contributed by atoms with E-state index in [2.05, 4.69) is 4.74 Å². The van der Waals surface area contributed by atoms with Gasteiger partial charge in [0.15, 0.2) is 0 Å². The Labute approximate surface area is 84.0 Å². The Bertz CT molecular complexity index is 152. The van der Waals surface area contributed by atoms with Crippen LogP contribution in [-0.2, 0) is 4.74 Å². The zero-order valence-electron chi connectivity index (χ0n) is 7.11. The summed E-state index contributed by atoms with van der Waals surface area (Å²) in [6, 6.07) is 0. The molecule has 0 aliphatic rings. The van der Waals surface area contributed by atoms with Crippen molar-refractivity contribution in [3.05, 3.63) is 0 Å². The minimum absolute atomic E-state index is 0. The molecular formula is C6H11ClF5NO. The number of nitrogens with two attached hydrogens (primary N) is 1. The highest BCUT2D eigenvalue weighted by molar-refractivity contribution is 5.85. The lowest BCUT2D eigenvalue weighted by Gasteiger charge is -2.19. The zero-order valence-corrected chi connectivity index (χ0v) is 7.93. The van der Waals surface area contributed by atoms with Crippen LogP contribution in [0.25, 0.3) is 0 Å². The van der Waals surface area contributed by atoms with Gasteiger partial charge in [-0.1, -0.05) is 0 Å². The van der Waals surface area contributed by atoms with Crippen molar-refractivity contribution in [2.45, 2.75) is 25.1 Å². The minimum Gasteiger partial charge on any atom is -0.330 e. The molecule has 0 aliphatic heterocycles. The molecule has 0 aromatic heterocycles. The maximum Gasteiger partial charge on any atom is 0.482 e. The average molecular weight is 244 g/mol. The van der Waals surface area contributed by atoms with Crippen LogP contribution in [0.2, 0.25) is 0 Å². The Kier molecular flexibility index (Phi) is 7.41. The smallest absolute Gasteiger partial charge is 0.330 e. The maximum atomic E-state index is 12.0. The van der Waals surface area contributed by atoms with Crippen molar-refractivity contribution in [2.24, 2.45) is 5.73 Å². The summed E-state index contributed by atoms with van der Waals surface area (Å²) >= 11 is 0. The first-order valence-corrected chi connectivity index (χ1v) is 3.60. The van der Waals surface area contributed by atoms with Crippen LogP contribution in [-0.4, -0.2) is 25.4 Å². The first-order valence-electron chi connectivity index (χ1n) is 3.60. The molecule has 0 saturated heterocycles. The van der Waals surface area contributed by atoms with Gasteiger partial charge in [-0.15, -0.1) is 12.4 Å². The lowest BCUT2D eigenvalue weighted by atomic mass is 10.3. The van der Waals surface area contributed by atoms with Crippen LogP contribution in [0.4, 0.5) is 22.0 Å². The van der Waals surface area contributed by atoms with Crippen molar-refractivity contribution in [3.63, 3.8) is 0 Å². The molecular weight excluding hydrogens is 233 g/mol. The van der Waals surface area contributed by atoms with Crippen LogP contribution in [0.5, 0.6) is 0 Å². The molecule has 0 aliphatic carbocycles. The minimum atomic E-state index is -5.64. The van der Waals surface area contributed by atoms with Crippen LogP contribution >= 0.6 is 12.4 Å². The number of alkyl halides is 5. The van der Waals surface area contributed by atoms with Crippen molar-refractivity contribution in [1.29, 1.82) is 0 Å². The summed E-state index contributed by atoms with van der Waals surface area (Å²) in [6.07, 6.45) is -10.3. The molecule has 0 amide bonds. The maximum absolute atomic E-state index is 12.0. The Morgan fingerprint density at radius 3 is 1.86 bits per heavy atom. The van der Waals surface area contributed by atoms with Gasteiger partial charge in [-0.25, -0.2) is 0 Å². The second-order valence-corrected chi connectivity index (χ2v) is 2.36. The molecule has 0 aromatic carbocycles. The highest BCUT2D eigenvalue weighted by Crippen LogP contribution is 2.36. The fraction of sp³-hybridized carbons (Fsp3) is 1.00. The van der Waals surface area contributed by atoms with Crippen molar-refractivity contribution in [3.8, 4) is 0 Å². The Balaban J connectivity index is 0. The zero-order chi connectivity index (χ0) is 10.5. The summed E-state index contributed by atoms with van der Waals surface area (Å²) in [5.74, 6) is 0. The number of unbranched alkanes of at least 4 members (excludes halogenated alkanes) is 1. The van der Waals surface area contributed by atoms with Crippen LogP contribution in [0.3, 0.4) is 0 Å². The summed E-state index contributed by atoms with van der Waals surface area (Å²) < 4.78 is 61.7. The van der Waals surface area contributed by atoms with E-state index in [0.29, 0.717) is 6.42 Å². The second kappa shape index (κ2) is 6.36. The topological polar surface area (TPSA) is 35.2 Å². The number of hydrogen-bond acceptors (Lipinski definition) is 2. The Hall–Kier alpha value is -0.140. The second-order valence-electron chi connectivity index (χ2n) is 2.36. The number of hydrogen-bond donors (Lipinski definition) is 1. The van der Waals surface area contributed by atoms with Gasteiger partial charge in [-0.2, -0.15) is 22.0 Å². The molecule has 0 heterocycles. The first kappa shape index (κ1) is 16.3. The third kappa shape index (κ3) is 5.56. The van der Waals surface area contributed by atoms with Crippen molar-refractivity contribution < 1.29 is 26.7 Å². The lowest BCUT2D eigenvalue weighted by molar-refractivity contribution is -0.391. The van der Waals surface area contributed by atoms with Gasteiger partial charge in [0.25, 0.3) is 0 Å². The quantitative estimate of drug-likeness (QED) is 0.594. The molecule has 8 heteroatoms. The highest BCUT2D eigenvalue weighted by Gasteiger charge is 2.59. The monoisotopic (exact) mass is 243 g/mol. The molecule has 0 unspecified atom stereocenters. The van der Waals surface area contributed by atoms with E-state index in [0.717, 1.165) is 0 Å². The molecule has 0 rings (SSSR count). The highest BCUT2D eigenvalue weighted by atomic mass is 35.5. The summed E-state index contributed by atoms with van der Waals surface area (Å²) in [5.41, 5.74) is 5.00. The molecule has 0 radical (unpaired) electrons. The summed E-state index contributed by atoms with van der Waals surface area (Å²) in [5, 5.41) is 0. The molecule has 0 saturated carbocycles. The third-order valence-corrected chi connectivity index (χ3v) is 1.21. The lowest BCUT2D eigenvalue weighted by Crippen LogP contribution is -2.39. The molecule has 0 aromatic rings. The fourth-order valence-electron chi connectivity index (χ4n) is 0.529. The normalized spacial score (nSPS) is 12.4. The van der Waals surface area contributed by atoms with E-state index in [1.165, 1.54) is 0 Å². The van der Waals surface area contributed by atoms with Crippen LogP contribution in [0.1, 0.15) is 12.8 Å². The third-order valence-electron chi connectivity index (χ3n) is 1.21. The predicted octanol–water partition coefficient (Wildman–Crippen LogP) is 2.32. The van der Waals surface area contributed by atoms with E-state index < -0.39 is 18.9 Å². The molecule has 14 heavy (non-hydrogen) atoms. The molecule has 2 nitrogen and oxygen atoms in total. The number of rotatable bonds is 5. The van der Waals surface area contributed by atoms with E-state index in [1.807, 2.05) is 0 Å². The average Bonchev–Trinajstić information content (AvgIpc) is 1.96. The van der Waals surface area contributed by atoms with E-state index in [4.69, 9.17) is 5.73 Å². The standard InChI is InChI=1S/C6H10F5NO.ClH/c7-5(8,9)6(10,11)13-4-2-1-3-12;/h1-4,12H2;1H. The summed E-state index contributed by atoms with van der Waals surface area (Å²) in [4.78, 5) is 0. The molecule has 0 atom stereocenters. The SMILES string of the molecule is Cl.NCCCCOC(F)(F)C(F)(F)F. The van der Waals surface area contributed by atoms with Gasteiger partial charge < -0.3 is 10.5 Å².